The van der Waals surface area contributed by atoms with Crippen LogP contribution in [0.3, 0.4) is 0 Å². The van der Waals surface area contributed by atoms with Crippen molar-refractivity contribution in [3.63, 3.8) is 0 Å². The lowest BCUT2D eigenvalue weighted by Crippen LogP contribution is -2.50. The molecule has 49 heavy (non-hydrogen) atoms. The monoisotopic (exact) mass is 687 g/mol. The molecule has 17 nitrogen and oxygen atoms in total. The van der Waals surface area contributed by atoms with Gasteiger partial charge in [-0.2, -0.15) is 0 Å². The van der Waals surface area contributed by atoms with E-state index >= 15 is 0 Å². The first-order chi connectivity index (χ1) is 23.2. The molecule has 0 aliphatic carbocycles. The van der Waals surface area contributed by atoms with Crippen LogP contribution in [-0.2, 0) is 46.4 Å². The second-order valence-corrected chi connectivity index (χ2v) is 11.2. The fraction of sp³-hybridized carbons (Fsp3) is 0.406. The molecule has 0 saturated heterocycles. The van der Waals surface area contributed by atoms with Gasteiger partial charge in [-0.1, -0.05) is 60.7 Å². The summed E-state index contributed by atoms with van der Waals surface area (Å²) in [6.07, 6.45) is -0.0236. The van der Waals surface area contributed by atoms with E-state index in [0.29, 0.717) is 11.1 Å². The normalized spacial score (nSPS) is 12.3. The summed E-state index contributed by atoms with van der Waals surface area (Å²) < 4.78 is 0. The number of hydrogen-bond acceptors (Lipinski definition) is 10. The molecular weight excluding hydrogens is 646 g/mol. The van der Waals surface area contributed by atoms with Gasteiger partial charge in [0, 0.05) is 39.0 Å². The van der Waals surface area contributed by atoms with E-state index in [4.69, 9.17) is 0 Å². The van der Waals surface area contributed by atoms with Gasteiger partial charge in [-0.3, -0.25) is 38.7 Å². The van der Waals surface area contributed by atoms with E-state index in [2.05, 4.69) is 10.6 Å². The summed E-state index contributed by atoms with van der Waals surface area (Å²) >= 11 is 0. The topological polar surface area (TPSA) is 254 Å². The molecule has 0 aromatic heterocycles. The molecule has 266 valence electrons. The molecule has 0 aliphatic heterocycles. The second kappa shape index (κ2) is 20.8. The molecule has 7 N–H and O–H groups in total. The summed E-state index contributed by atoms with van der Waals surface area (Å²) in [7, 11) is 0. The van der Waals surface area contributed by atoms with Gasteiger partial charge in [-0.05, 0) is 11.1 Å². The third-order valence-corrected chi connectivity index (χ3v) is 7.11. The predicted octanol–water partition coefficient (Wildman–Crippen LogP) is -1.23. The van der Waals surface area contributed by atoms with Crippen LogP contribution in [-0.4, -0.2) is 153 Å². The number of carboxylic acids is 5. The third kappa shape index (κ3) is 16.8. The molecule has 0 aliphatic rings. The van der Waals surface area contributed by atoms with Crippen molar-refractivity contribution in [2.24, 2.45) is 0 Å². The average molecular weight is 688 g/mol. The SMILES string of the molecule is O=C(O)CN(CCN(CC(=O)O)CC(=O)NC(Cc1ccccc1)C(=O)O)CCN(CC(=O)O)CC(=O)NC(Cc1ccccc1)C(=O)O. The van der Waals surface area contributed by atoms with E-state index in [1.807, 2.05) is 0 Å². The van der Waals surface area contributed by atoms with Crippen molar-refractivity contribution >= 4 is 41.7 Å². The lowest BCUT2D eigenvalue weighted by Gasteiger charge is -2.28. The Hall–Kier alpha value is -5.39. The molecule has 0 radical (unpaired) electrons. The minimum atomic E-state index is -1.29. The summed E-state index contributed by atoms with van der Waals surface area (Å²) in [6, 6.07) is 14.6. The van der Waals surface area contributed by atoms with Crippen LogP contribution in [0.15, 0.2) is 60.7 Å². The maximum Gasteiger partial charge on any atom is 0.326 e. The zero-order valence-electron chi connectivity index (χ0n) is 26.6. The zero-order valence-corrected chi connectivity index (χ0v) is 26.6. The highest BCUT2D eigenvalue weighted by Gasteiger charge is 2.25. The maximum absolute atomic E-state index is 12.8. The number of carbonyl (C=O) groups is 7. The Morgan fingerprint density at radius 3 is 1.08 bits per heavy atom. The molecule has 2 atom stereocenters. The van der Waals surface area contributed by atoms with Gasteiger partial charge in [0.15, 0.2) is 0 Å². The molecule has 2 aromatic rings. The van der Waals surface area contributed by atoms with Gasteiger partial charge in [0.25, 0.3) is 0 Å². The number of amides is 2. The average Bonchev–Trinajstić information content (AvgIpc) is 3.01. The Labute approximate surface area is 281 Å². The first kappa shape index (κ1) is 39.8. The molecule has 0 saturated carbocycles. The summed E-state index contributed by atoms with van der Waals surface area (Å²) in [6.45, 7) is -3.26. The van der Waals surface area contributed by atoms with Crippen LogP contribution in [0.1, 0.15) is 11.1 Å². The lowest BCUT2D eigenvalue weighted by atomic mass is 10.1. The highest BCUT2D eigenvalue weighted by Crippen LogP contribution is 2.06. The number of aliphatic carboxylic acids is 5. The molecule has 2 unspecified atom stereocenters. The van der Waals surface area contributed by atoms with Crippen molar-refractivity contribution < 1.29 is 59.1 Å². The Balaban J connectivity index is 2.03. The van der Waals surface area contributed by atoms with Crippen molar-refractivity contribution in [2.75, 3.05) is 58.9 Å². The van der Waals surface area contributed by atoms with Crippen LogP contribution in [0.2, 0.25) is 0 Å². The summed E-state index contributed by atoms with van der Waals surface area (Å²) in [5.41, 5.74) is 1.32. The Bertz CT molecular complexity index is 1330. The highest BCUT2D eigenvalue weighted by atomic mass is 16.4. The molecule has 0 bridgehead atoms. The summed E-state index contributed by atoms with van der Waals surface area (Å²) in [4.78, 5) is 87.4. The van der Waals surface area contributed by atoms with Crippen LogP contribution in [0.4, 0.5) is 0 Å². The van der Waals surface area contributed by atoms with Crippen molar-refractivity contribution in [2.45, 2.75) is 24.9 Å². The van der Waals surface area contributed by atoms with E-state index in [0.717, 1.165) is 0 Å². The fourth-order valence-corrected chi connectivity index (χ4v) is 4.82. The van der Waals surface area contributed by atoms with Gasteiger partial charge in [-0.15, -0.1) is 0 Å². The van der Waals surface area contributed by atoms with Gasteiger partial charge in [0.1, 0.15) is 12.1 Å². The number of rotatable bonds is 24. The maximum atomic E-state index is 12.8. The van der Waals surface area contributed by atoms with Crippen molar-refractivity contribution in [3.8, 4) is 0 Å². The number of nitrogens with zero attached hydrogens (tertiary/aromatic N) is 3. The molecule has 2 aromatic carbocycles. The van der Waals surface area contributed by atoms with E-state index in [9.17, 15) is 59.1 Å². The Kier molecular flexibility index (Phi) is 16.9. The number of carbonyl (C=O) groups excluding carboxylic acids is 2. The minimum Gasteiger partial charge on any atom is -0.480 e. The van der Waals surface area contributed by atoms with E-state index in [1.54, 1.807) is 60.7 Å². The zero-order chi connectivity index (χ0) is 36.3. The van der Waals surface area contributed by atoms with Gasteiger partial charge < -0.3 is 36.2 Å². The van der Waals surface area contributed by atoms with Crippen molar-refractivity contribution in [3.05, 3.63) is 71.8 Å². The van der Waals surface area contributed by atoms with Crippen LogP contribution < -0.4 is 10.6 Å². The van der Waals surface area contributed by atoms with E-state index in [-0.39, 0.29) is 39.0 Å². The first-order valence-corrected chi connectivity index (χ1v) is 15.2. The Morgan fingerprint density at radius 1 is 0.469 bits per heavy atom. The quantitative estimate of drug-likeness (QED) is 0.0682. The fourth-order valence-electron chi connectivity index (χ4n) is 4.82. The van der Waals surface area contributed by atoms with Crippen LogP contribution in [0, 0.1) is 0 Å². The minimum absolute atomic E-state index is 0.0118. The molecule has 2 rings (SSSR count). The highest BCUT2D eigenvalue weighted by molar-refractivity contribution is 5.86. The number of hydrogen-bond donors (Lipinski definition) is 7. The van der Waals surface area contributed by atoms with Gasteiger partial charge in [-0.25, -0.2) is 9.59 Å². The molecule has 0 heterocycles. The molecule has 2 amide bonds. The molecule has 0 spiro atoms. The number of benzene rings is 2. The molecule has 17 heteroatoms. The smallest absolute Gasteiger partial charge is 0.326 e. The van der Waals surface area contributed by atoms with Gasteiger partial charge in [0.05, 0.1) is 32.7 Å². The standard InChI is InChI=1S/C32H41N5O12/c38-26(33-24(31(46)47)15-22-7-3-1-4-8-22)17-36(20-29(42)43)13-11-35(19-28(40)41)12-14-37(21-30(44)45)18-27(39)34-25(32(48)49)16-23-9-5-2-6-10-23/h1-10,24-25H,11-21H2,(H,33,38)(H,34,39)(H,40,41)(H,42,43)(H,44,45)(H,46,47)(H,48,49). The summed E-state index contributed by atoms with van der Waals surface area (Å²) in [5.74, 6) is -7.93. The first-order valence-electron chi connectivity index (χ1n) is 15.2. The van der Waals surface area contributed by atoms with Crippen LogP contribution in [0.5, 0.6) is 0 Å². The van der Waals surface area contributed by atoms with E-state index in [1.165, 1.54) is 14.7 Å². The number of nitrogens with one attached hydrogen (secondary N) is 2. The Morgan fingerprint density at radius 2 is 0.776 bits per heavy atom. The molecule has 0 fully saturated rings. The number of carboxylic acid groups (broad SMARTS) is 5. The lowest BCUT2D eigenvalue weighted by molar-refractivity contribution is -0.143. The van der Waals surface area contributed by atoms with Gasteiger partial charge in [0.2, 0.25) is 11.8 Å². The second-order valence-electron chi connectivity index (χ2n) is 11.2. The molecular formula is C32H41N5O12. The van der Waals surface area contributed by atoms with Crippen LogP contribution >= 0.6 is 0 Å². The largest absolute Gasteiger partial charge is 0.480 e. The predicted molar refractivity (Wildman–Crippen MR) is 172 cm³/mol. The third-order valence-electron chi connectivity index (χ3n) is 7.11. The van der Waals surface area contributed by atoms with Crippen LogP contribution in [0.25, 0.3) is 0 Å². The van der Waals surface area contributed by atoms with Crippen molar-refractivity contribution in [1.82, 2.24) is 25.3 Å². The van der Waals surface area contributed by atoms with E-state index < -0.39 is 86.5 Å². The van der Waals surface area contributed by atoms with Crippen molar-refractivity contribution in [1.29, 1.82) is 0 Å². The van der Waals surface area contributed by atoms with Gasteiger partial charge >= 0.3 is 29.8 Å². The summed E-state index contributed by atoms with van der Waals surface area (Å²) in [5, 5.41) is 52.1.